The van der Waals surface area contributed by atoms with Crippen molar-refractivity contribution >= 4 is 5.97 Å². The summed E-state index contributed by atoms with van der Waals surface area (Å²) in [4.78, 5) is 11.7. The predicted molar refractivity (Wildman–Crippen MR) is 70.6 cm³/mol. The van der Waals surface area contributed by atoms with Crippen LogP contribution in [0.1, 0.15) is 30.5 Å². The number of methoxy groups -OCH3 is 1. The lowest BCUT2D eigenvalue weighted by Gasteiger charge is -2.25. The smallest absolute Gasteiger partial charge is 0.330 e. The van der Waals surface area contributed by atoms with Gasteiger partial charge in [0.15, 0.2) is 0 Å². The Balaban J connectivity index is 3.27. The van der Waals surface area contributed by atoms with E-state index in [-0.39, 0.29) is 0 Å². The van der Waals surface area contributed by atoms with Gasteiger partial charge in [0.2, 0.25) is 0 Å². The van der Waals surface area contributed by atoms with Crippen molar-refractivity contribution in [3.05, 3.63) is 28.8 Å². The molecule has 0 aliphatic heterocycles. The van der Waals surface area contributed by atoms with Crippen molar-refractivity contribution in [1.29, 1.82) is 0 Å². The molecule has 0 saturated carbocycles. The first-order chi connectivity index (χ1) is 8.34. The quantitative estimate of drug-likeness (QED) is 0.832. The molecule has 1 aromatic rings. The maximum absolute atomic E-state index is 11.7. The normalized spacial score (nSPS) is 13.9. The number of rotatable bonds is 4. The van der Waals surface area contributed by atoms with E-state index in [1.54, 1.807) is 6.92 Å². The largest absolute Gasteiger partial charge is 0.494 e. The molecular weight excluding hydrogens is 230 g/mol. The minimum Gasteiger partial charge on any atom is -0.494 e. The lowest BCUT2D eigenvalue weighted by molar-refractivity contribution is -0.146. The second-order valence-corrected chi connectivity index (χ2v) is 4.56. The highest BCUT2D eigenvalue weighted by Gasteiger charge is 2.33. The monoisotopic (exact) mass is 251 g/mol. The Morgan fingerprint density at radius 2 is 1.94 bits per heavy atom. The fourth-order valence-corrected chi connectivity index (χ4v) is 1.98. The summed E-state index contributed by atoms with van der Waals surface area (Å²) in [6.45, 7) is 8.04. The second-order valence-electron chi connectivity index (χ2n) is 4.56. The van der Waals surface area contributed by atoms with Gasteiger partial charge in [0.1, 0.15) is 11.3 Å². The molecular formula is C14H21NO3. The number of ether oxygens (including phenoxy) is 2. The molecule has 0 saturated heterocycles. The van der Waals surface area contributed by atoms with Crippen molar-refractivity contribution in [2.45, 2.75) is 33.2 Å². The maximum atomic E-state index is 11.7. The van der Waals surface area contributed by atoms with Crippen LogP contribution in [0.3, 0.4) is 0 Å². The minimum absolute atomic E-state index is 0.450. The molecule has 0 aromatic heterocycles. The van der Waals surface area contributed by atoms with Gasteiger partial charge < -0.3 is 15.2 Å². The number of carbonyl (C=O) groups excluding carboxylic acids is 1. The summed E-state index contributed by atoms with van der Waals surface area (Å²) in [6.07, 6.45) is 0. The highest BCUT2D eigenvalue weighted by atomic mass is 16.5. The summed E-state index contributed by atoms with van der Waals surface area (Å²) < 4.78 is 10.3. The molecule has 100 valence electrons. The van der Waals surface area contributed by atoms with E-state index in [4.69, 9.17) is 15.2 Å². The molecule has 0 fully saturated rings. The van der Waals surface area contributed by atoms with Gasteiger partial charge in [0.25, 0.3) is 0 Å². The van der Waals surface area contributed by atoms with E-state index in [1.807, 2.05) is 32.9 Å². The van der Waals surface area contributed by atoms with Gasteiger partial charge in [-0.25, -0.2) is 4.79 Å². The molecule has 0 radical (unpaired) electrons. The van der Waals surface area contributed by atoms with E-state index in [1.165, 1.54) is 7.11 Å². The molecule has 2 N–H and O–H groups in total. The molecule has 4 heteroatoms. The molecule has 0 aliphatic carbocycles. The molecule has 1 atom stereocenters. The van der Waals surface area contributed by atoms with E-state index in [0.717, 1.165) is 22.4 Å². The zero-order valence-corrected chi connectivity index (χ0v) is 11.7. The van der Waals surface area contributed by atoms with E-state index >= 15 is 0 Å². The summed E-state index contributed by atoms with van der Waals surface area (Å²) in [7, 11) is 1.34. The van der Waals surface area contributed by atoms with Crippen LogP contribution in [0.15, 0.2) is 12.1 Å². The number of esters is 1. The number of nitrogens with two attached hydrogens (primary N) is 1. The van der Waals surface area contributed by atoms with Crippen LogP contribution in [-0.2, 0) is 15.1 Å². The summed E-state index contributed by atoms with van der Waals surface area (Å²) in [5.41, 5.74) is 7.56. The van der Waals surface area contributed by atoms with Gasteiger partial charge in [-0.3, -0.25) is 0 Å². The number of aryl methyl sites for hydroxylation is 2. The van der Waals surface area contributed by atoms with Gasteiger partial charge in [0.05, 0.1) is 13.7 Å². The fraction of sp³-hybridized carbons (Fsp3) is 0.500. The van der Waals surface area contributed by atoms with E-state index < -0.39 is 11.5 Å². The van der Waals surface area contributed by atoms with Gasteiger partial charge >= 0.3 is 5.97 Å². The van der Waals surface area contributed by atoms with Crippen LogP contribution >= 0.6 is 0 Å². The minimum atomic E-state index is -1.14. The average molecular weight is 251 g/mol. The number of carbonyl (C=O) groups is 1. The molecule has 0 spiro atoms. The van der Waals surface area contributed by atoms with Crippen LogP contribution < -0.4 is 10.5 Å². The number of benzene rings is 1. The van der Waals surface area contributed by atoms with Crippen molar-refractivity contribution in [2.75, 3.05) is 13.7 Å². The van der Waals surface area contributed by atoms with Gasteiger partial charge in [0, 0.05) is 0 Å². The highest BCUT2D eigenvalue weighted by Crippen LogP contribution is 2.29. The van der Waals surface area contributed by atoms with Crippen LogP contribution in [0.25, 0.3) is 0 Å². The van der Waals surface area contributed by atoms with E-state index in [2.05, 4.69) is 0 Å². The standard InChI is InChI=1S/C14H21NO3/c1-6-18-12-8-9(2)11(7-10(12)3)14(4,15)13(16)17-5/h7-8H,6,15H2,1-5H3. The molecule has 1 aromatic carbocycles. The molecule has 1 unspecified atom stereocenters. The molecule has 0 amide bonds. The van der Waals surface area contributed by atoms with Crippen LogP contribution in [0.2, 0.25) is 0 Å². The molecule has 0 bridgehead atoms. The Morgan fingerprint density at radius 1 is 1.33 bits per heavy atom. The third-order valence-corrected chi connectivity index (χ3v) is 2.99. The van der Waals surface area contributed by atoms with Crippen LogP contribution in [0.4, 0.5) is 0 Å². The summed E-state index contributed by atoms with van der Waals surface area (Å²) in [6, 6.07) is 3.79. The molecule has 4 nitrogen and oxygen atoms in total. The molecule has 0 heterocycles. The van der Waals surface area contributed by atoms with Crippen molar-refractivity contribution in [3.8, 4) is 5.75 Å². The molecule has 0 aliphatic rings. The first-order valence-electron chi connectivity index (χ1n) is 5.96. The first kappa shape index (κ1) is 14.5. The lowest BCUT2D eigenvalue weighted by Crippen LogP contribution is -2.43. The van der Waals surface area contributed by atoms with Crippen LogP contribution in [-0.4, -0.2) is 19.7 Å². The summed E-state index contributed by atoms with van der Waals surface area (Å²) in [5.74, 6) is 0.369. The Morgan fingerprint density at radius 3 is 2.44 bits per heavy atom. The number of hydrogen-bond acceptors (Lipinski definition) is 4. The van der Waals surface area contributed by atoms with E-state index in [9.17, 15) is 4.79 Å². The third kappa shape index (κ3) is 2.64. The molecule has 1 rings (SSSR count). The van der Waals surface area contributed by atoms with Crippen LogP contribution in [0.5, 0.6) is 5.75 Å². The Kier molecular flexibility index (Phi) is 4.35. The summed E-state index contributed by atoms with van der Waals surface area (Å²) >= 11 is 0. The number of hydrogen-bond donors (Lipinski definition) is 1. The van der Waals surface area contributed by atoms with Crippen LogP contribution in [0, 0.1) is 13.8 Å². The van der Waals surface area contributed by atoms with Gasteiger partial charge in [-0.2, -0.15) is 0 Å². The molecule has 18 heavy (non-hydrogen) atoms. The maximum Gasteiger partial charge on any atom is 0.330 e. The van der Waals surface area contributed by atoms with Crippen molar-refractivity contribution in [2.24, 2.45) is 5.73 Å². The zero-order valence-electron chi connectivity index (χ0n) is 11.7. The third-order valence-electron chi connectivity index (χ3n) is 2.99. The van der Waals surface area contributed by atoms with Gasteiger partial charge in [-0.05, 0) is 56.5 Å². The predicted octanol–water partition coefficient (Wildman–Crippen LogP) is 2.05. The Bertz CT molecular complexity index is 453. The van der Waals surface area contributed by atoms with Crippen molar-refractivity contribution < 1.29 is 14.3 Å². The average Bonchev–Trinajstić information content (AvgIpc) is 2.32. The fourth-order valence-electron chi connectivity index (χ4n) is 1.98. The second kappa shape index (κ2) is 5.40. The van der Waals surface area contributed by atoms with E-state index in [0.29, 0.717) is 6.61 Å². The summed E-state index contributed by atoms with van der Waals surface area (Å²) in [5, 5.41) is 0. The van der Waals surface area contributed by atoms with Crippen molar-refractivity contribution in [3.63, 3.8) is 0 Å². The zero-order chi connectivity index (χ0) is 13.9. The highest BCUT2D eigenvalue weighted by molar-refractivity contribution is 5.82. The van der Waals surface area contributed by atoms with Gasteiger partial charge in [-0.1, -0.05) is 0 Å². The first-order valence-corrected chi connectivity index (χ1v) is 5.96. The SMILES string of the molecule is CCOc1cc(C)c(C(C)(N)C(=O)OC)cc1C. The lowest BCUT2D eigenvalue weighted by atomic mass is 9.88. The van der Waals surface area contributed by atoms with Gasteiger partial charge in [-0.15, -0.1) is 0 Å². The van der Waals surface area contributed by atoms with Crippen molar-refractivity contribution in [1.82, 2.24) is 0 Å². The Hall–Kier alpha value is -1.55. The Labute approximate surface area is 108 Å². The topological polar surface area (TPSA) is 61.5 Å².